The minimum absolute atomic E-state index is 0.343. The van der Waals surface area contributed by atoms with Crippen LogP contribution < -0.4 is 5.32 Å². The number of nitrogens with one attached hydrogen (secondary N) is 1. The molecule has 7 heteroatoms. The first-order chi connectivity index (χ1) is 12.1. The van der Waals surface area contributed by atoms with Crippen LogP contribution in [-0.2, 0) is 6.42 Å². The largest absolute Gasteiger partial charge is 0.477 e. The third-order valence-electron chi connectivity index (χ3n) is 3.65. The smallest absolute Gasteiger partial charge is 0.345 e. The molecule has 3 aromatic rings. The lowest BCUT2D eigenvalue weighted by atomic mass is 10.1. The molecule has 1 aromatic carbocycles. The fourth-order valence-corrected chi connectivity index (χ4v) is 4.96. The Hall–Kier alpha value is -1.83. The van der Waals surface area contributed by atoms with Gasteiger partial charge >= 0.3 is 5.97 Å². The van der Waals surface area contributed by atoms with Crippen LogP contribution in [0.3, 0.4) is 0 Å². The van der Waals surface area contributed by atoms with Crippen molar-refractivity contribution in [1.82, 2.24) is 4.98 Å². The Morgan fingerprint density at radius 1 is 1.36 bits per heavy atom. The highest BCUT2D eigenvalue weighted by molar-refractivity contribution is 8.00. The number of benzene rings is 1. The van der Waals surface area contributed by atoms with Crippen LogP contribution >= 0.6 is 34.4 Å². The molecule has 0 fully saturated rings. The number of carboxylic acids is 1. The molecule has 2 heterocycles. The van der Waals surface area contributed by atoms with Crippen molar-refractivity contribution in [2.45, 2.75) is 24.0 Å². The SMILES string of the molecule is CCCc1ccccc1Nc1nc(-c2cc(C(=O)O)sc2SC)cs1. The van der Waals surface area contributed by atoms with Gasteiger partial charge in [-0.1, -0.05) is 31.5 Å². The summed E-state index contributed by atoms with van der Waals surface area (Å²) < 4.78 is 0.973. The number of rotatable bonds is 7. The standard InChI is InChI=1S/C18H18N2O2S3/c1-3-6-11-7-4-5-8-13(11)19-18-20-14(10-24-18)12-9-15(16(21)22)25-17(12)23-2/h4-5,7-10H,3,6H2,1-2H3,(H,19,20)(H,21,22). The maximum Gasteiger partial charge on any atom is 0.345 e. The summed E-state index contributed by atoms with van der Waals surface area (Å²) >= 11 is 4.37. The van der Waals surface area contributed by atoms with E-state index in [0.29, 0.717) is 4.88 Å². The van der Waals surface area contributed by atoms with Crippen LogP contribution in [0.15, 0.2) is 39.9 Å². The molecule has 0 radical (unpaired) electrons. The number of carboxylic acid groups (broad SMARTS) is 1. The average Bonchev–Trinajstić information content (AvgIpc) is 3.23. The summed E-state index contributed by atoms with van der Waals surface area (Å²) in [4.78, 5) is 16.2. The molecule has 0 atom stereocenters. The van der Waals surface area contributed by atoms with Crippen LogP contribution in [0.2, 0.25) is 0 Å². The third kappa shape index (κ3) is 4.05. The van der Waals surface area contributed by atoms with Gasteiger partial charge in [0.25, 0.3) is 0 Å². The van der Waals surface area contributed by atoms with E-state index < -0.39 is 5.97 Å². The van der Waals surface area contributed by atoms with Gasteiger partial charge in [-0.15, -0.1) is 34.4 Å². The number of anilines is 2. The minimum atomic E-state index is -0.895. The number of aromatic nitrogens is 1. The minimum Gasteiger partial charge on any atom is -0.477 e. The Balaban J connectivity index is 1.87. The van der Waals surface area contributed by atoms with Crippen LogP contribution in [0, 0.1) is 0 Å². The molecule has 25 heavy (non-hydrogen) atoms. The number of aromatic carboxylic acids is 1. The first kappa shape index (κ1) is 18.0. The van der Waals surface area contributed by atoms with E-state index in [9.17, 15) is 9.90 Å². The number of nitrogens with zero attached hydrogens (tertiary/aromatic N) is 1. The predicted octanol–water partition coefficient (Wildman–Crippen LogP) is 5.99. The topological polar surface area (TPSA) is 62.2 Å². The number of carbonyl (C=O) groups is 1. The molecule has 0 aliphatic heterocycles. The molecule has 0 aliphatic carbocycles. The maximum absolute atomic E-state index is 11.2. The second kappa shape index (κ2) is 8.03. The van der Waals surface area contributed by atoms with Crippen molar-refractivity contribution in [2.75, 3.05) is 11.6 Å². The zero-order chi connectivity index (χ0) is 17.8. The van der Waals surface area contributed by atoms with Crippen molar-refractivity contribution >= 4 is 51.2 Å². The summed E-state index contributed by atoms with van der Waals surface area (Å²) in [5.74, 6) is -0.895. The monoisotopic (exact) mass is 390 g/mol. The second-order valence-corrected chi connectivity index (χ2v) is 8.38. The highest BCUT2D eigenvalue weighted by Crippen LogP contribution is 2.39. The van der Waals surface area contributed by atoms with E-state index >= 15 is 0 Å². The summed E-state index contributed by atoms with van der Waals surface area (Å²) in [6.45, 7) is 2.17. The second-order valence-electron chi connectivity index (χ2n) is 5.39. The lowest BCUT2D eigenvalue weighted by Gasteiger charge is -2.08. The molecule has 130 valence electrons. The molecule has 0 aliphatic rings. The first-order valence-electron chi connectivity index (χ1n) is 7.84. The van der Waals surface area contributed by atoms with Crippen LogP contribution in [0.25, 0.3) is 11.3 Å². The Morgan fingerprint density at radius 2 is 2.16 bits per heavy atom. The van der Waals surface area contributed by atoms with E-state index in [0.717, 1.165) is 39.1 Å². The Kier molecular flexibility index (Phi) is 5.78. The summed E-state index contributed by atoms with van der Waals surface area (Å²) in [5, 5.41) is 15.4. The molecular formula is C18H18N2O2S3. The normalized spacial score (nSPS) is 10.8. The van der Waals surface area contributed by atoms with Crippen molar-refractivity contribution < 1.29 is 9.90 Å². The molecule has 2 aromatic heterocycles. The number of hydrogen-bond donors (Lipinski definition) is 2. The van der Waals surface area contributed by atoms with Gasteiger partial charge < -0.3 is 10.4 Å². The summed E-state index contributed by atoms with van der Waals surface area (Å²) in [6.07, 6.45) is 4.06. The van der Waals surface area contributed by atoms with Crippen LogP contribution in [0.1, 0.15) is 28.6 Å². The quantitative estimate of drug-likeness (QED) is 0.485. The fourth-order valence-electron chi connectivity index (χ4n) is 2.51. The lowest BCUT2D eigenvalue weighted by molar-refractivity contribution is 0.0702. The molecule has 0 saturated heterocycles. The van der Waals surface area contributed by atoms with Gasteiger partial charge in [-0.25, -0.2) is 9.78 Å². The van der Waals surface area contributed by atoms with Crippen molar-refractivity contribution in [3.05, 3.63) is 46.2 Å². The number of thiazole rings is 1. The number of thioether (sulfide) groups is 1. The predicted molar refractivity (Wildman–Crippen MR) is 108 cm³/mol. The van der Waals surface area contributed by atoms with E-state index in [1.807, 2.05) is 23.8 Å². The zero-order valence-electron chi connectivity index (χ0n) is 13.9. The van der Waals surface area contributed by atoms with Crippen molar-refractivity contribution in [3.63, 3.8) is 0 Å². The van der Waals surface area contributed by atoms with E-state index in [2.05, 4.69) is 29.4 Å². The Labute approximate surface area is 158 Å². The van der Waals surface area contributed by atoms with Gasteiger partial charge in [-0.05, 0) is 30.4 Å². The van der Waals surface area contributed by atoms with Gasteiger partial charge in [0.2, 0.25) is 0 Å². The fraction of sp³-hybridized carbons (Fsp3) is 0.222. The number of hydrogen-bond acceptors (Lipinski definition) is 6. The molecule has 3 rings (SSSR count). The summed E-state index contributed by atoms with van der Waals surface area (Å²) in [5.41, 5.74) is 4.05. The van der Waals surface area contributed by atoms with Gasteiger partial charge in [0, 0.05) is 16.6 Å². The Bertz CT molecular complexity index is 886. The molecule has 0 amide bonds. The lowest BCUT2D eigenvalue weighted by Crippen LogP contribution is -1.95. The molecular weight excluding hydrogens is 372 g/mol. The first-order valence-corrected chi connectivity index (χ1v) is 10.8. The van der Waals surface area contributed by atoms with Crippen molar-refractivity contribution in [1.29, 1.82) is 0 Å². The molecule has 2 N–H and O–H groups in total. The molecule has 4 nitrogen and oxygen atoms in total. The van der Waals surface area contributed by atoms with Crippen molar-refractivity contribution in [3.8, 4) is 11.3 Å². The van der Waals surface area contributed by atoms with Gasteiger partial charge in [0.1, 0.15) is 4.88 Å². The van der Waals surface area contributed by atoms with Gasteiger partial charge in [-0.2, -0.15) is 0 Å². The van der Waals surface area contributed by atoms with Crippen LogP contribution in [0.4, 0.5) is 10.8 Å². The maximum atomic E-state index is 11.2. The van der Waals surface area contributed by atoms with Crippen LogP contribution in [0.5, 0.6) is 0 Å². The number of para-hydroxylation sites is 1. The molecule has 0 spiro atoms. The Morgan fingerprint density at radius 3 is 2.88 bits per heavy atom. The highest BCUT2D eigenvalue weighted by atomic mass is 32.2. The van der Waals surface area contributed by atoms with E-state index in [4.69, 9.17) is 0 Å². The zero-order valence-corrected chi connectivity index (χ0v) is 16.4. The van der Waals surface area contributed by atoms with Crippen molar-refractivity contribution in [2.24, 2.45) is 0 Å². The van der Waals surface area contributed by atoms with E-state index in [1.54, 1.807) is 17.8 Å². The highest BCUT2D eigenvalue weighted by Gasteiger charge is 2.17. The van der Waals surface area contributed by atoms with Crippen LogP contribution in [-0.4, -0.2) is 22.3 Å². The molecule has 0 unspecified atom stereocenters. The number of thiophene rings is 1. The summed E-state index contributed by atoms with van der Waals surface area (Å²) in [6, 6.07) is 9.96. The number of aryl methyl sites for hydroxylation is 1. The third-order valence-corrected chi connectivity index (χ3v) is 6.67. The summed E-state index contributed by atoms with van der Waals surface area (Å²) in [7, 11) is 0. The molecule has 0 bridgehead atoms. The van der Waals surface area contributed by atoms with Gasteiger partial charge in [0.05, 0.1) is 9.90 Å². The van der Waals surface area contributed by atoms with Gasteiger partial charge in [0.15, 0.2) is 5.13 Å². The van der Waals surface area contributed by atoms with Gasteiger partial charge in [-0.3, -0.25) is 0 Å². The van der Waals surface area contributed by atoms with E-state index in [1.165, 1.54) is 28.2 Å². The van der Waals surface area contributed by atoms with E-state index in [-0.39, 0.29) is 0 Å². The molecule has 0 saturated carbocycles. The average molecular weight is 391 g/mol.